The first-order chi connectivity index (χ1) is 11.4. The predicted octanol–water partition coefficient (Wildman–Crippen LogP) is 1.37. The van der Waals surface area contributed by atoms with Gasteiger partial charge in [0.05, 0.1) is 21.4 Å². The van der Waals surface area contributed by atoms with Crippen molar-refractivity contribution < 1.29 is 64.2 Å². The number of aromatic hydroxyl groups is 3. The van der Waals surface area contributed by atoms with Crippen molar-refractivity contribution in [3.63, 3.8) is 0 Å². The Morgan fingerprint density at radius 1 is 1.00 bits per heavy atom. The summed E-state index contributed by atoms with van der Waals surface area (Å²) in [6, 6.07) is 0.279. The molecule has 0 atom stereocenters. The van der Waals surface area contributed by atoms with E-state index < -0.39 is 62.6 Å². The third-order valence-electron chi connectivity index (χ3n) is 2.87. The monoisotopic (exact) mass is 413 g/mol. The van der Waals surface area contributed by atoms with Crippen LogP contribution in [0.2, 0.25) is 0 Å². The van der Waals surface area contributed by atoms with E-state index in [1.807, 2.05) is 0 Å². The molecule has 0 aliphatic carbocycles. The molecule has 1 aromatic carbocycles. The summed E-state index contributed by atoms with van der Waals surface area (Å²) in [4.78, 5) is 11.6. The van der Waals surface area contributed by atoms with Crippen molar-refractivity contribution in [1.29, 1.82) is 0 Å². The zero-order valence-electron chi connectivity index (χ0n) is 11.9. The molecular formula is C11H7F6O8S-. The average molecular weight is 413 g/mol. The molecule has 0 radical (unpaired) electrons. The van der Waals surface area contributed by atoms with Crippen LogP contribution in [-0.2, 0) is 14.9 Å². The summed E-state index contributed by atoms with van der Waals surface area (Å²) in [6.45, 7) is 0. The predicted molar refractivity (Wildman–Crippen MR) is 66.3 cm³/mol. The molecule has 26 heavy (non-hydrogen) atoms. The lowest BCUT2D eigenvalue weighted by molar-refractivity contribution is -0.356. The molecule has 8 nitrogen and oxygen atoms in total. The van der Waals surface area contributed by atoms with E-state index in [0.717, 1.165) is 0 Å². The molecule has 0 heterocycles. The molecule has 1 rings (SSSR count). The molecule has 0 fully saturated rings. The molecule has 0 amide bonds. The molecule has 0 bridgehead atoms. The summed E-state index contributed by atoms with van der Waals surface area (Å²) in [6.07, 6.45) is -13.1. The van der Waals surface area contributed by atoms with Gasteiger partial charge in [0.2, 0.25) is 0 Å². The molecule has 0 saturated carbocycles. The van der Waals surface area contributed by atoms with Crippen molar-refractivity contribution >= 4 is 16.1 Å². The Hall–Kier alpha value is -2.42. The van der Waals surface area contributed by atoms with Gasteiger partial charge in [0.25, 0.3) is 0 Å². The molecule has 15 heteroatoms. The summed E-state index contributed by atoms with van der Waals surface area (Å²) in [5.41, 5.74) is -7.01. The fourth-order valence-electron chi connectivity index (χ4n) is 1.66. The van der Waals surface area contributed by atoms with Gasteiger partial charge >= 0.3 is 23.9 Å². The van der Waals surface area contributed by atoms with E-state index in [1.165, 1.54) is 0 Å². The molecule has 0 aliphatic rings. The molecule has 0 aromatic heterocycles. The molecule has 0 spiro atoms. The van der Waals surface area contributed by atoms with Gasteiger partial charge in [0, 0.05) is 0 Å². The molecule has 3 N–H and O–H groups in total. The van der Waals surface area contributed by atoms with Crippen LogP contribution < -0.4 is 0 Å². The van der Waals surface area contributed by atoms with E-state index in [2.05, 4.69) is 4.74 Å². The highest BCUT2D eigenvalue weighted by atomic mass is 32.2. The second-order valence-corrected chi connectivity index (χ2v) is 6.18. The minimum atomic E-state index is -6.57. The van der Waals surface area contributed by atoms with E-state index in [-0.39, 0.29) is 12.1 Å². The lowest BCUT2D eigenvalue weighted by Crippen LogP contribution is -2.63. The van der Waals surface area contributed by atoms with Gasteiger partial charge in [-0.15, -0.1) is 0 Å². The van der Waals surface area contributed by atoms with Crippen molar-refractivity contribution in [2.75, 3.05) is 5.75 Å². The summed E-state index contributed by atoms with van der Waals surface area (Å²) < 4.78 is 113. The van der Waals surface area contributed by atoms with Crippen molar-refractivity contribution in [2.24, 2.45) is 0 Å². The smallest absolute Gasteiger partial charge is 0.438 e. The topological polar surface area (TPSA) is 144 Å². The van der Waals surface area contributed by atoms with E-state index >= 15 is 0 Å². The maximum Gasteiger partial charge on any atom is 0.438 e. The second kappa shape index (κ2) is 6.39. The highest BCUT2D eigenvalue weighted by Gasteiger charge is 2.75. The van der Waals surface area contributed by atoms with Gasteiger partial charge < -0.3 is 24.6 Å². The summed E-state index contributed by atoms with van der Waals surface area (Å²) in [7, 11) is -6.20. The van der Waals surface area contributed by atoms with E-state index in [4.69, 9.17) is 15.3 Å². The first kappa shape index (κ1) is 21.6. The van der Waals surface area contributed by atoms with Crippen LogP contribution in [0, 0.1) is 0 Å². The summed E-state index contributed by atoms with van der Waals surface area (Å²) >= 11 is 0. The van der Waals surface area contributed by atoms with Crippen LogP contribution in [-0.4, -0.2) is 58.0 Å². The summed E-state index contributed by atoms with van der Waals surface area (Å²) in [5, 5.41) is 27.3. The van der Waals surface area contributed by atoms with Crippen LogP contribution in [0.5, 0.6) is 17.2 Å². The van der Waals surface area contributed by atoms with Crippen LogP contribution in [0.15, 0.2) is 12.1 Å². The largest absolute Gasteiger partial charge is 0.748 e. The highest BCUT2D eigenvalue weighted by Crippen LogP contribution is 2.47. The first-order valence-electron chi connectivity index (χ1n) is 5.96. The lowest BCUT2D eigenvalue weighted by atomic mass is 10.1. The zero-order chi connectivity index (χ0) is 20.7. The Morgan fingerprint density at radius 2 is 1.38 bits per heavy atom. The van der Waals surface area contributed by atoms with Crippen molar-refractivity contribution in [3.05, 3.63) is 17.7 Å². The van der Waals surface area contributed by atoms with Gasteiger partial charge in [0.1, 0.15) is 0 Å². The number of rotatable bonds is 4. The highest BCUT2D eigenvalue weighted by molar-refractivity contribution is 7.85. The Bertz CT molecular complexity index is 776. The third kappa shape index (κ3) is 4.21. The maximum absolute atomic E-state index is 13.0. The fraction of sp³-hybridized carbons (Fsp3) is 0.364. The Labute approximate surface area is 140 Å². The number of ether oxygens (including phenoxy) is 1. The van der Waals surface area contributed by atoms with Crippen molar-refractivity contribution in [2.45, 2.75) is 18.0 Å². The zero-order valence-corrected chi connectivity index (χ0v) is 12.7. The van der Waals surface area contributed by atoms with Crippen molar-refractivity contribution in [3.8, 4) is 17.2 Å². The normalized spacial score (nSPS) is 13.5. The van der Waals surface area contributed by atoms with E-state index in [9.17, 15) is 44.1 Å². The molecule has 0 saturated heterocycles. The molecule has 0 aliphatic heterocycles. The van der Waals surface area contributed by atoms with Crippen LogP contribution >= 0.6 is 0 Å². The first-order valence-corrected chi connectivity index (χ1v) is 7.54. The fourth-order valence-corrected chi connectivity index (χ4v) is 2.54. The number of alkyl halides is 6. The van der Waals surface area contributed by atoms with Gasteiger partial charge in [-0.3, -0.25) is 0 Å². The molecule has 148 valence electrons. The quantitative estimate of drug-likeness (QED) is 0.291. The number of halogens is 6. The SMILES string of the molecule is O=C(OC(CS(=O)(=O)[O-])(C(F)(F)F)C(F)(F)F)c1cc(O)c(O)c(O)c1. The minimum Gasteiger partial charge on any atom is -0.748 e. The number of carbonyl (C=O) groups excluding carboxylic acids is 1. The van der Waals surface area contributed by atoms with Gasteiger partial charge in [-0.1, -0.05) is 0 Å². The molecular weight excluding hydrogens is 406 g/mol. The lowest BCUT2D eigenvalue weighted by Gasteiger charge is -2.36. The number of phenols is 3. The number of benzene rings is 1. The average Bonchev–Trinajstić information content (AvgIpc) is 2.39. The maximum atomic E-state index is 13.0. The number of carbonyl (C=O) groups is 1. The Morgan fingerprint density at radius 3 is 1.69 bits per heavy atom. The number of phenolic OH excluding ortho intramolecular Hbond substituents is 3. The molecule has 0 unspecified atom stereocenters. The van der Waals surface area contributed by atoms with E-state index in [1.54, 1.807) is 0 Å². The molecule has 1 aromatic rings. The Kier molecular flexibility index (Phi) is 5.31. The van der Waals surface area contributed by atoms with Gasteiger partial charge in [-0.25, -0.2) is 13.2 Å². The van der Waals surface area contributed by atoms with Crippen LogP contribution in [0.25, 0.3) is 0 Å². The van der Waals surface area contributed by atoms with Gasteiger partial charge in [0.15, 0.2) is 17.2 Å². The van der Waals surface area contributed by atoms with Crippen LogP contribution in [0.3, 0.4) is 0 Å². The van der Waals surface area contributed by atoms with E-state index in [0.29, 0.717) is 0 Å². The van der Waals surface area contributed by atoms with Crippen LogP contribution in [0.4, 0.5) is 26.3 Å². The number of esters is 1. The number of hydrogen-bond donors (Lipinski definition) is 3. The van der Waals surface area contributed by atoms with Gasteiger partial charge in [-0.2, -0.15) is 26.3 Å². The minimum absolute atomic E-state index is 0.139. The Balaban J connectivity index is 3.53. The third-order valence-corrected chi connectivity index (χ3v) is 3.63. The number of hydrogen-bond acceptors (Lipinski definition) is 8. The van der Waals surface area contributed by atoms with Crippen LogP contribution in [0.1, 0.15) is 10.4 Å². The van der Waals surface area contributed by atoms with Gasteiger partial charge in [-0.05, 0) is 12.1 Å². The van der Waals surface area contributed by atoms with Crippen molar-refractivity contribution in [1.82, 2.24) is 0 Å². The second-order valence-electron chi connectivity index (χ2n) is 4.78. The standard InChI is InChI=1S/C11H8F6O8S/c12-10(13,14)9(11(15,16)17,3-26(22,23)24)25-8(21)4-1-5(18)7(20)6(19)2-4/h1-2,18-20H,3H2,(H,22,23,24)/p-1. The summed E-state index contributed by atoms with van der Waals surface area (Å²) in [5.74, 6) is -9.55.